The molecule has 9 atom stereocenters. The van der Waals surface area contributed by atoms with Crippen LogP contribution in [0.4, 0.5) is 0 Å². The largest absolute Gasteiger partial charge is 0.285 e. The van der Waals surface area contributed by atoms with Crippen LogP contribution in [-0.2, 0) is 28.8 Å². The van der Waals surface area contributed by atoms with Crippen molar-refractivity contribution in [3.63, 3.8) is 0 Å². The number of carbonyl (C=O) groups excluding carboxylic acids is 6. The smallest absolute Gasteiger partial charge is 0.253 e. The minimum atomic E-state index is -0.241. The van der Waals surface area contributed by atoms with Crippen LogP contribution in [-0.4, -0.2) is 71.3 Å². The third-order valence-corrected chi connectivity index (χ3v) is 10.2. The van der Waals surface area contributed by atoms with Crippen molar-refractivity contribution in [1.29, 1.82) is 0 Å². The van der Waals surface area contributed by atoms with Gasteiger partial charge in [0.05, 0.1) is 23.7 Å². The van der Waals surface area contributed by atoms with E-state index in [9.17, 15) is 28.8 Å². The van der Waals surface area contributed by atoms with Gasteiger partial charge in [0.25, 0.3) is 11.8 Å². The fraction of sp³-hybridized carbons (Fsp3) is 0.590. The second-order valence-electron chi connectivity index (χ2n) is 12.7. The molecule has 10 aliphatic rings. The Hall–Kier alpha value is -3.88. The molecule has 9 nitrogen and oxygen atoms in total. The average Bonchev–Trinajstić information content (AvgIpc) is 3.66. The van der Waals surface area contributed by atoms with E-state index in [1.165, 1.54) is 35.4 Å². The zero-order valence-corrected chi connectivity index (χ0v) is 29.3. The molecule has 3 aliphatic heterocycles. The monoisotopic (exact) mass is 663 g/mol. The van der Waals surface area contributed by atoms with Crippen molar-refractivity contribution in [2.24, 2.45) is 53.3 Å². The lowest BCUT2D eigenvalue weighted by Gasteiger charge is -2.38. The summed E-state index contributed by atoms with van der Waals surface area (Å²) in [6.45, 7) is 10.2. The van der Waals surface area contributed by atoms with Gasteiger partial charge in [-0.2, -0.15) is 0 Å². The van der Waals surface area contributed by atoms with Gasteiger partial charge in [-0.3, -0.25) is 43.5 Å². The van der Waals surface area contributed by atoms with Gasteiger partial charge in [0.15, 0.2) is 0 Å². The van der Waals surface area contributed by atoms with Crippen LogP contribution in [0, 0.1) is 53.3 Å². The molecule has 2 saturated carbocycles. The second-order valence-corrected chi connectivity index (χ2v) is 12.7. The molecular weight excluding hydrogens is 606 g/mol. The Kier molecular flexibility index (Phi) is 15.1. The summed E-state index contributed by atoms with van der Waals surface area (Å²) in [5, 5.41) is 0. The number of nitrogens with zero attached hydrogens (tertiary/aromatic N) is 3. The summed E-state index contributed by atoms with van der Waals surface area (Å²) in [7, 11) is 4.68. The lowest BCUT2D eigenvalue weighted by molar-refractivity contribution is -0.140. The molecule has 9 heteroatoms. The molecule has 0 aromatic rings. The number of amides is 6. The molecule has 0 aromatic carbocycles. The number of fused-ring (bicyclic) bond motifs is 2. The predicted octanol–water partition coefficient (Wildman–Crippen LogP) is 6.00. The maximum Gasteiger partial charge on any atom is 0.253 e. The van der Waals surface area contributed by atoms with Crippen LogP contribution >= 0.6 is 0 Å². The zero-order chi connectivity index (χ0) is 35.0. The van der Waals surface area contributed by atoms with Gasteiger partial charge in [0.1, 0.15) is 0 Å². The summed E-state index contributed by atoms with van der Waals surface area (Å²) in [5.41, 5.74) is 0. The molecular formula is C39H57N3O6. The van der Waals surface area contributed by atoms with Crippen molar-refractivity contribution >= 4 is 35.4 Å². The molecule has 7 aliphatic carbocycles. The molecule has 6 amide bonds. The van der Waals surface area contributed by atoms with Crippen LogP contribution < -0.4 is 0 Å². The molecule has 0 N–H and O–H groups in total. The van der Waals surface area contributed by atoms with Gasteiger partial charge in [-0.25, -0.2) is 0 Å². The first kappa shape index (κ1) is 40.3. The molecule has 9 unspecified atom stereocenters. The van der Waals surface area contributed by atoms with Crippen molar-refractivity contribution < 1.29 is 28.8 Å². The summed E-state index contributed by atoms with van der Waals surface area (Å²) in [6.07, 6.45) is 25.2. The number of hydrogen-bond donors (Lipinski definition) is 0. The van der Waals surface area contributed by atoms with E-state index in [1.807, 2.05) is 27.7 Å². The summed E-state index contributed by atoms with van der Waals surface area (Å²) >= 11 is 0. The molecule has 10 rings (SSSR count). The Labute approximate surface area is 287 Å². The normalized spacial score (nSPS) is 33.6. The van der Waals surface area contributed by atoms with Crippen molar-refractivity contribution in [1.82, 2.24) is 14.7 Å². The van der Waals surface area contributed by atoms with Gasteiger partial charge < -0.3 is 0 Å². The van der Waals surface area contributed by atoms with Crippen molar-refractivity contribution in [2.75, 3.05) is 21.1 Å². The van der Waals surface area contributed by atoms with Crippen molar-refractivity contribution in [2.45, 2.75) is 74.1 Å². The lowest BCUT2D eigenvalue weighted by Crippen LogP contribution is -2.38. The molecule has 3 heterocycles. The quantitative estimate of drug-likeness (QED) is 0.232. The van der Waals surface area contributed by atoms with E-state index in [0.717, 1.165) is 36.5 Å². The van der Waals surface area contributed by atoms with E-state index in [0.29, 0.717) is 23.7 Å². The van der Waals surface area contributed by atoms with Gasteiger partial charge >= 0.3 is 0 Å². The highest BCUT2D eigenvalue weighted by Crippen LogP contribution is 2.50. The zero-order valence-electron chi connectivity index (χ0n) is 29.3. The highest BCUT2D eigenvalue weighted by Gasteiger charge is 2.56. The molecule has 4 fully saturated rings. The number of rotatable bonds is 0. The standard InChI is InChI=1S/2C11H13NO2.C7H10.C5H5NO2.2C2H6.CH4/c2*1-12-10(13)8-6-2-3-7(5-4-6)9(8)11(12)14;1-7-5-3-2-4-6-7;1-6-4(7)2-3-5(6)8;2*1-2;/h2*2-3,6-9H,4-5H2,1H3;2-5,7H,6H2,1H3;2-3H,1H3;2*1-2H3;1H4. The number of likely N-dealkylation sites (tertiary alicyclic amines) is 2. The average molecular weight is 664 g/mol. The number of hydrogen-bond acceptors (Lipinski definition) is 6. The van der Waals surface area contributed by atoms with E-state index in [2.05, 4.69) is 55.5 Å². The van der Waals surface area contributed by atoms with Gasteiger partial charge in [-0.1, -0.05) is 90.7 Å². The van der Waals surface area contributed by atoms with Crippen LogP contribution in [0.15, 0.2) is 60.8 Å². The molecule has 0 radical (unpaired) electrons. The molecule has 0 spiro atoms. The Morgan fingerprint density at radius 1 is 0.500 bits per heavy atom. The number of imide groups is 3. The molecule has 0 aromatic heterocycles. The van der Waals surface area contributed by atoms with E-state index >= 15 is 0 Å². The molecule has 48 heavy (non-hydrogen) atoms. The third kappa shape index (κ3) is 8.21. The maximum atomic E-state index is 11.8. The van der Waals surface area contributed by atoms with Crippen LogP contribution in [0.5, 0.6) is 0 Å². The minimum Gasteiger partial charge on any atom is -0.285 e. The maximum absolute atomic E-state index is 11.8. The Morgan fingerprint density at radius 3 is 0.979 bits per heavy atom. The van der Waals surface area contributed by atoms with Crippen LogP contribution in [0.25, 0.3) is 0 Å². The SMILES string of the molecule is C.CC.CC.CC1C=CC=CC1.CN1C(=O)C2C3C=CC(CC3)C2C1=O.CN1C(=O)C2C3C=CC(CC3)C2C1=O.CN1C(=O)C=CC1=O. The summed E-state index contributed by atoms with van der Waals surface area (Å²) in [4.78, 5) is 71.8. The topological polar surface area (TPSA) is 112 Å². The number of likely N-dealkylation sites (N-methyl/N-ethyl adjacent to an activating group) is 1. The first-order valence-corrected chi connectivity index (χ1v) is 17.3. The highest BCUT2D eigenvalue weighted by molar-refractivity contribution is 6.12. The highest BCUT2D eigenvalue weighted by atomic mass is 16.2. The van der Waals surface area contributed by atoms with Gasteiger partial charge in [-0.05, 0) is 61.7 Å². The third-order valence-electron chi connectivity index (χ3n) is 10.2. The fourth-order valence-electron chi connectivity index (χ4n) is 7.63. The first-order valence-electron chi connectivity index (χ1n) is 17.3. The van der Waals surface area contributed by atoms with Crippen molar-refractivity contribution in [3.8, 4) is 0 Å². The number of allylic oxidation sites excluding steroid dienone is 8. The Morgan fingerprint density at radius 2 is 0.812 bits per heavy atom. The van der Waals surface area contributed by atoms with Crippen LogP contribution in [0.3, 0.4) is 0 Å². The van der Waals surface area contributed by atoms with Crippen LogP contribution in [0.2, 0.25) is 0 Å². The van der Waals surface area contributed by atoms with E-state index in [1.54, 1.807) is 14.1 Å². The summed E-state index contributed by atoms with van der Waals surface area (Å²) < 4.78 is 0. The molecule has 264 valence electrons. The number of carbonyl (C=O) groups is 6. The second kappa shape index (κ2) is 18.0. The Bertz CT molecular complexity index is 1210. The summed E-state index contributed by atoms with van der Waals surface area (Å²) in [6, 6.07) is 0. The van der Waals surface area contributed by atoms with Gasteiger partial charge in [0.2, 0.25) is 23.6 Å². The van der Waals surface area contributed by atoms with E-state index in [4.69, 9.17) is 0 Å². The molecule has 2 saturated heterocycles. The first-order chi connectivity index (χ1) is 22.5. The van der Waals surface area contributed by atoms with Gasteiger partial charge in [0, 0.05) is 33.3 Å². The fourth-order valence-corrected chi connectivity index (χ4v) is 7.63. The van der Waals surface area contributed by atoms with E-state index in [-0.39, 0.29) is 66.5 Å². The van der Waals surface area contributed by atoms with Gasteiger partial charge in [-0.15, -0.1) is 0 Å². The lowest BCUT2D eigenvalue weighted by atomic mass is 9.63. The van der Waals surface area contributed by atoms with Crippen molar-refractivity contribution in [3.05, 3.63) is 60.8 Å². The van der Waals surface area contributed by atoms with Crippen LogP contribution in [0.1, 0.15) is 74.1 Å². The summed E-state index contributed by atoms with van der Waals surface area (Å²) in [5.74, 6) is 1.63. The molecule has 4 bridgehead atoms. The van der Waals surface area contributed by atoms with E-state index < -0.39 is 0 Å². The predicted molar refractivity (Wildman–Crippen MR) is 189 cm³/mol. The Balaban J connectivity index is 0.000000221. The minimum absolute atomic E-state index is 0.